The van der Waals surface area contributed by atoms with E-state index in [1.54, 1.807) is 0 Å². The number of hydrogen-bond acceptors (Lipinski definition) is 2. The van der Waals surface area contributed by atoms with Gasteiger partial charge in [0.2, 0.25) is 5.91 Å². The van der Waals surface area contributed by atoms with Gasteiger partial charge in [-0.2, -0.15) is 0 Å². The minimum Gasteiger partial charge on any atom is -0.338 e. The Bertz CT molecular complexity index is 554. The Hall–Kier alpha value is -1.35. The van der Waals surface area contributed by atoms with E-state index in [4.69, 9.17) is 0 Å². The molecular formula is C19H28N2O. The van der Waals surface area contributed by atoms with Crippen molar-refractivity contribution in [1.29, 1.82) is 0 Å². The van der Waals surface area contributed by atoms with E-state index in [2.05, 4.69) is 41.1 Å². The quantitative estimate of drug-likeness (QED) is 0.796. The number of piperidine rings is 1. The Kier molecular flexibility index (Phi) is 4.26. The highest BCUT2D eigenvalue weighted by atomic mass is 16.2. The van der Waals surface area contributed by atoms with Gasteiger partial charge in [0.05, 0.1) is 0 Å². The molecule has 0 radical (unpaired) electrons. The lowest BCUT2D eigenvalue weighted by Gasteiger charge is -2.43. The van der Waals surface area contributed by atoms with Gasteiger partial charge in [-0.15, -0.1) is 0 Å². The summed E-state index contributed by atoms with van der Waals surface area (Å²) in [6.45, 7) is 7.99. The maximum Gasteiger partial charge on any atom is 0.225 e. The molecule has 2 aliphatic heterocycles. The molecule has 1 amide bonds. The molecule has 0 saturated carbocycles. The fourth-order valence-electron chi connectivity index (χ4n) is 4.26. The van der Waals surface area contributed by atoms with Crippen LogP contribution >= 0.6 is 0 Å². The summed E-state index contributed by atoms with van der Waals surface area (Å²) in [6, 6.07) is 8.69. The van der Waals surface area contributed by atoms with Crippen LogP contribution in [-0.2, 0) is 17.8 Å². The molecule has 0 aliphatic carbocycles. The van der Waals surface area contributed by atoms with E-state index in [1.165, 1.54) is 30.5 Å². The van der Waals surface area contributed by atoms with Gasteiger partial charge in [-0.3, -0.25) is 4.79 Å². The molecule has 0 aromatic heterocycles. The molecule has 120 valence electrons. The summed E-state index contributed by atoms with van der Waals surface area (Å²) in [5.41, 5.74) is 3.00. The molecule has 2 heterocycles. The van der Waals surface area contributed by atoms with Crippen molar-refractivity contribution < 1.29 is 4.79 Å². The van der Waals surface area contributed by atoms with Crippen molar-refractivity contribution in [3.05, 3.63) is 35.4 Å². The molecule has 1 aromatic carbocycles. The second-order valence-corrected chi connectivity index (χ2v) is 7.64. The van der Waals surface area contributed by atoms with Gasteiger partial charge >= 0.3 is 0 Å². The number of carbonyl (C=O) groups is 1. The highest BCUT2D eigenvalue weighted by Crippen LogP contribution is 2.38. The van der Waals surface area contributed by atoms with Crippen LogP contribution in [0, 0.1) is 11.3 Å². The van der Waals surface area contributed by atoms with Gasteiger partial charge < -0.3 is 9.80 Å². The summed E-state index contributed by atoms with van der Waals surface area (Å²) in [6.07, 6.45) is 3.57. The second-order valence-electron chi connectivity index (χ2n) is 7.64. The van der Waals surface area contributed by atoms with E-state index < -0.39 is 0 Å². The molecule has 0 bridgehead atoms. The number of hydrogen-bond donors (Lipinski definition) is 0. The van der Waals surface area contributed by atoms with E-state index in [1.807, 2.05) is 13.8 Å². The Labute approximate surface area is 134 Å². The summed E-state index contributed by atoms with van der Waals surface area (Å²) < 4.78 is 0. The van der Waals surface area contributed by atoms with Gasteiger partial charge in [0.1, 0.15) is 0 Å². The molecule has 0 N–H and O–H groups in total. The van der Waals surface area contributed by atoms with Crippen LogP contribution in [0.15, 0.2) is 24.3 Å². The zero-order valence-electron chi connectivity index (χ0n) is 14.1. The number of nitrogens with zero attached hydrogens (tertiary/aromatic N) is 2. The molecule has 1 unspecified atom stereocenters. The van der Waals surface area contributed by atoms with E-state index in [-0.39, 0.29) is 11.3 Å². The molecule has 22 heavy (non-hydrogen) atoms. The number of amides is 1. The molecule has 3 nitrogen and oxygen atoms in total. The summed E-state index contributed by atoms with van der Waals surface area (Å²) in [7, 11) is 2.21. The maximum absolute atomic E-state index is 12.7. The Morgan fingerprint density at radius 3 is 2.59 bits per heavy atom. The normalized spacial score (nSPS) is 26.1. The lowest BCUT2D eigenvalue weighted by Crippen LogP contribution is -2.49. The SMILES string of the molecule is CC(C)C(=O)N1Cc2ccccc2CC2(CCCN(C)C2)C1. The number of benzene rings is 1. The predicted molar refractivity (Wildman–Crippen MR) is 89.6 cm³/mol. The third-order valence-corrected chi connectivity index (χ3v) is 5.23. The fraction of sp³-hybridized carbons (Fsp3) is 0.632. The van der Waals surface area contributed by atoms with Gasteiger partial charge in [0, 0.05) is 31.0 Å². The monoisotopic (exact) mass is 300 g/mol. The van der Waals surface area contributed by atoms with Gasteiger partial charge in [-0.05, 0) is 44.0 Å². The van der Waals surface area contributed by atoms with Crippen LogP contribution in [0.25, 0.3) is 0 Å². The van der Waals surface area contributed by atoms with Crippen molar-refractivity contribution in [2.24, 2.45) is 11.3 Å². The first-order valence-corrected chi connectivity index (χ1v) is 8.53. The van der Waals surface area contributed by atoms with Gasteiger partial charge in [0.25, 0.3) is 0 Å². The number of rotatable bonds is 1. The summed E-state index contributed by atoms with van der Waals surface area (Å²) in [5, 5.41) is 0. The third-order valence-electron chi connectivity index (χ3n) is 5.23. The Morgan fingerprint density at radius 2 is 1.91 bits per heavy atom. The molecule has 1 fully saturated rings. The molecule has 2 aliphatic rings. The van der Waals surface area contributed by atoms with Crippen molar-refractivity contribution >= 4 is 5.91 Å². The predicted octanol–water partition coefficient (Wildman–Crippen LogP) is 2.94. The summed E-state index contributed by atoms with van der Waals surface area (Å²) >= 11 is 0. The summed E-state index contributed by atoms with van der Waals surface area (Å²) in [4.78, 5) is 17.2. The first-order chi connectivity index (χ1) is 10.5. The molecule has 3 rings (SSSR count). The van der Waals surface area contributed by atoms with Gasteiger partial charge in [-0.1, -0.05) is 38.1 Å². The van der Waals surface area contributed by atoms with Crippen LogP contribution in [0.3, 0.4) is 0 Å². The van der Waals surface area contributed by atoms with Gasteiger partial charge in [-0.25, -0.2) is 0 Å². The van der Waals surface area contributed by atoms with Crippen molar-refractivity contribution in [2.75, 3.05) is 26.7 Å². The highest BCUT2D eigenvalue weighted by molar-refractivity contribution is 5.78. The number of fused-ring (bicyclic) bond motifs is 1. The molecule has 1 aromatic rings. The number of likely N-dealkylation sites (tertiary alicyclic amines) is 1. The molecule has 1 spiro atoms. The number of carbonyl (C=O) groups excluding carboxylic acids is 1. The van der Waals surface area contributed by atoms with Crippen molar-refractivity contribution in [3.63, 3.8) is 0 Å². The fourth-order valence-corrected chi connectivity index (χ4v) is 4.26. The average Bonchev–Trinajstić information content (AvgIpc) is 2.62. The van der Waals surface area contributed by atoms with Crippen molar-refractivity contribution in [2.45, 2.75) is 39.7 Å². The Balaban J connectivity index is 1.96. The summed E-state index contributed by atoms with van der Waals surface area (Å²) in [5.74, 6) is 0.368. The smallest absolute Gasteiger partial charge is 0.225 e. The molecule has 3 heteroatoms. The van der Waals surface area contributed by atoms with E-state index in [0.717, 1.165) is 26.1 Å². The van der Waals surface area contributed by atoms with Gasteiger partial charge in [0.15, 0.2) is 0 Å². The van der Waals surface area contributed by atoms with Crippen molar-refractivity contribution in [3.8, 4) is 0 Å². The highest BCUT2D eigenvalue weighted by Gasteiger charge is 2.40. The first-order valence-electron chi connectivity index (χ1n) is 8.53. The standard InChI is InChI=1S/C19H28N2O/c1-15(2)18(22)21-12-17-8-5-4-7-16(17)11-19(14-21)9-6-10-20(3)13-19/h4-5,7-8,15H,6,9-14H2,1-3H3. The molecular weight excluding hydrogens is 272 g/mol. The van der Waals surface area contributed by atoms with E-state index >= 15 is 0 Å². The zero-order chi connectivity index (χ0) is 15.7. The van der Waals surface area contributed by atoms with Crippen LogP contribution in [0.4, 0.5) is 0 Å². The lowest BCUT2D eigenvalue weighted by atomic mass is 9.75. The van der Waals surface area contributed by atoms with Crippen LogP contribution in [-0.4, -0.2) is 42.4 Å². The van der Waals surface area contributed by atoms with Crippen LogP contribution in [0.5, 0.6) is 0 Å². The van der Waals surface area contributed by atoms with Crippen LogP contribution < -0.4 is 0 Å². The minimum atomic E-state index is 0.0728. The molecule has 1 atom stereocenters. The lowest BCUT2D eigenvalue weighted by molar-refractivity contribution is -0.137. The van der Waals surface area contributed by atoms with E-state index in [0.29, 0.717) is 5.91 Å². The Morgan fingerprint density at radius 1 is 1.18 bits per heavy atom. The average molecular weight is 300 g/mol. The first kappa shape index (κ1) is 15.5. The van der Waals surface area contributed by atoms with Crippen LogP contribution in [0.2, 0.25) is 0 Å². The van der Waals surface area contributed by atoms with E-state index in [9.17, 15) is 4.79 Å². The topological polar surface area (TPSA) is 23.6 Å². The van der Waals surface area contributed by atoms with Crippen molar-refractivity contribution in [1.82, 2.24) is 9.80 Å². The maximum atomic E-state index is 12.7. The third kappa shape index (κ3) is 3.05. The zero-order valence-corrected chi connectivity index (χ0v) is 14.1. The largest absolute Gasteiger partial charge is 0.338 e. The minimum absolute atomic E-state index is 0.0728. The molecule has 1 saturated heterocycles. The second kappa shape index (κ2) is 6.04. The van der Waals surface area contributed by atoms with Crippen LogP contribution in [0.1, 0.15) is 37.8 Å².